The summed E-state index contributed by atoms with van der Waals surface area (Å²) in [6.07, 6.45) is 6.71. The zero-order valence-electron chi connectivity index (χ0n) is 18.5. The summed E-state index contributed by atoms with van der Waals surface area (Å²) in [7, 11) is 0. The average molecular weight is 397 g/mol. The molecule has 0 heterocycles. The molecule has 0 spiro atoms. The molecule has 1 aromatic rings. The molecule has 158 valence electrons. The molecule has 1 aromatic carbocycles. The third-order valence-electron chi connectivity index (χ3n) is 7.63. The minimum Gasteiger partial charge on any atom is -0.352 e. The third-order valence-corrected chi connectivity index (χ3v) is 7.63. The second-order valence-electron chi connectivity index (χ2n) is 10.4. The lowest BCUT2D eigenvalue weighted by Crippen LogP contribution is -2.60. The third kappa shape index (κ3) is 3.71. The van der Waals surface area contributed by atoms with Gasteiger partial charge in [0.2, 0.25) is 11.8 Å². The van der Waals surface area contributed by atoms with Gasteiger partial charge in [-0.05, 0) is 89.0 Å². The van der Waals surface area contributed by atoms with Crippen molar-refractivity contribution in [1.82, 2.24) is 10.2 Å². The van der Waals surface area contributed by atoms with Crippen LogP contribution in [-0.4, -0.2) is 35.8 Å². The Morgan fingerprint density at radius 3 is 2.28 bits per heavy atom. The van der Waals surface area contributed by atoms with Crippen LogP contribution in [0.15, 0.2) is 24.3 Å². The lowest BCUT2D eigenvalue weighted by Gasteiger charge is -2.62. The van der Waals surface area contributed by atoms with Gasteiger partial charge in [0.25, 0.3) is 0 Å². The predicted molar refractivity (Wildman–Crippen MR) is 116 cm³/mol. The van der Waals surface area contributed by atoms with Crippen LogP contribution in [0.25, 0.3) is 0 Å². The van der Waals surface area contributed by atoms with E-state index in [1.807, 2.05) is 25.7 Å². The number of hydrogen-bond donors (Lipinski definition) is 1. The standard InChI is InChI=1S/C25H36N2O2/c1-5-27(15-22(28)26-17(2)3)23(29)25-13-19-10-20(14-25)12-24(11-19,16-25)21-8-6-18(4)7-9-21/h6-9,17,19-20H,5,10-16H2,1-4H3,(H,26,28). The molecule has 29 heavy (non-hydrogen) atoms. The number of carbonyl (C=O) groups excluding carboxylic acids is 2. The van der Waals surface area contributed by atoms with Crippen molar-refractivity contribution in [1.29, 1.82) is 0 Å². The summed E-state index contributed by atoms with van der Waals surface area (Å²) >= 11 is 0. The zero-order valence-corrected chi connectivity index (χ0v) is 18.5. The van der Waals surface area contributed by atoms with Crippen LogP contribution >= 0.6 is 0 Å². The molecule has 4 aliphatic rings. The van der Waals surface area contributed by atoms with Gasteiger partial charge in [-0.2, -0.15) is 0 Å². The number of aryl methyl sites for hydroxylation is 1. The topological polar surface area (TPSA) is 49.4 Å². The van der Waals surface area contributed by atoms with Gasteiger partial charge in [0, 0.05) is 12.6 Å². The van der Waals surface area contributed by atoms with E-state index in [1.165, 1.54) is 30.4 Å². The Hall–Kier alpha value is -1.84. The maximum absolute atomic E-state index is 13.8. The van der Waals surface area contributed by atoms with Gasteiger partial charge in [-0.15, -0.1) is 0 Å². The molecule has 4 fully saturated rings. The van der Waals surface area contributed by atoms with E-state index in [0.717, 1.165) is 19.3 Å². The molecule has 4 heteroatoms. The second kappa shape index (κ2) is 7.45. The first-order valence-electron chi connectivity index (χ1n) is 11.4. The van der Waals surface area contributed by atoms with E-state index in [-0.39, 0.29) is 35.2 Å². The van der Waals surface area contributed by atoms with E-state index in [4.69, 9.17) is 0 Å². The molecule has 1 N–H and O–H groups in total. The molecule has 4 bridgehead atoms. The van der Waals surface area contributed by atoms with Crippen molar-refractivity contribution in [3.63, 3.8) is 0 Å². The van der Waals surface area contributed by atoms with Crippen molar-refractivity contribution in [3.05, 3.63) is 35.4 Å². The van der Waals surface area contributed by atoms with Gasteiger partial charge in [-0.3, -0.25) is 9.59 Å². The largest absolute Gasteiger partial charge is 0.352 e. The molecular formula is C25H36N2O2. The van der Waals surface area contributed by atoms with Crippen LogP contribution in [0.2, 0.25) is 0 Å². The molecule has 4 aliphatic carbocycles. The van der Waals surface area contributed by atoms with E-state index in [9.17, 15) is 9.59 Å². The number of nitrogens with one attached hydrogen (secondary N) is 1. The minimum absolute atomic E-state index is 0.0480. The Labute approximate surface area is 175 Å². The molecule has 0 radical (unpaired) electrons. The lowest BCUT2D eigenvalue weighted by atomic mass is 9.42. The van der Waals surface area contributed by atoms with Crippen molar-refractivity contribution >= 4 is 11.8 Å². The van der Waals surface area contributed by atoms with Crippen LogP contribution in [0.5, 0.6) is 0 Å². The SMILES string of the molecule is CCN(CC(=O)NC(C)C)C(=O)C12CC3CC(C1)CC(c1ccc(C)cc1)(C3)C2. The van der Waals surface area contributed by atoms with Crippen LogP contribution in [0.4, 0.5) is 0 Å². The van der Waals surface area contributed by atoms with Crippen LogP contribution in [0.1, 0.15) is 70.4 Å². The number of likely N-dealkylation sites (N-methyl/N-ethyl adjacent to an activating group) is 1. The van der Waals surface area contributed by atoms with Crippen molar-refractivity contribution in [2.45, 2.75) is 77.7 Å². The smallest absolute Gasteiger partial charge is 0.239 e. The van der Waals surface area contributed by atoms with Gasteiger partial charge in [-0.1, -0.05) is 29.8 Å². The fraction of sp³-hybridized carbons (Fsp3) is 0.680. The van der Waals surface area contributed by atoms with E-state index in [2.05, 4.69) is 36.5 Å². The monoisotopic (exact) mass is 396 g/mol. The Morgan fingerprint density at radius 1 is 1.10 bits per heavy atom. The number of rotatable bonds is 6. The number of benzene rings is 1. The van der Waals surface area contributed by atoms with Gasteiger partial charge >= 0.3 is 0 Å². The van der Waals surface area contributed by atoms with Crippen molar-refractivity contribution in [2.24, 2.45) is 17.3 Å². The zero-order chi connectivity index (χ0) is 20.8. The van der Waals surface area contributed by atoms with Crippen LogP contribution in [-0.2, 0) is 15.0 Å². The molecule has 0 aromatic heterocycles. The highest BCUT2D eigenvalue weighted by Gasteiger charge is 2.61. The molecule has 4 nitrogen and oxygen atoms in total. The Morgan fingerprint density at radius 2 is 1.72 bits per heavy atom. The predicted octanol–water partition coefficient (Wildman–Crippen LogP) is 4.21. The average Bonchev–Trinajstić information content (AvgIpc) is 2.64. The van der Waals surface area contributed by atoms with Crippen molar-refractivity contribution < 1.29 is 9.59 Å². The number of amides is 2. The molecule has 2 unspecified atom stereocenters. The van der Waals surface area contributed by atoms with E-state index < -0.39 is 0 Å². The van der Waals surface area contributed by atoms with Crippen molar-refractivity contribution in [2.75, 3.05) is 13.1 Å². The maximum Gasteiger partial charge on any atom is 0.239 e. The quantitative estimate of drug-likeness (QED) is 0.783. The van der Waals surface area contributed by atoms with E-state index in [0.29, 0.717) is 18.4 Å². The minimum atomic E-state index is -0.275. The van der Waals surface area contributed by atoms with E-state index in [1.54, 1.807) is 0 Å². The summed E-state index contributed by atoms with van der Waals surface area (Å²) in [5.74, 6) is 1.46. The number of nitrogens with zero attached hydrogens (tertiary/aromatic N) is 1. The summed E-state index contributed by atoms with van der Waals surface area (Å²) in [6, 6.07) is 9.14. The highest BCUT2D eigenvalue weighted by atomic mass is 16.2. The Kier molecular flexibility index (Phi) is 5.25. The Bertz CT molecular complexity index is 769. The van der Waals surface area contributed by atoms with Gasteiger partial charge in [0.05, 0.1) is 12.0 Å². The molecule has 5 rings (SSSR count). The van der Waals surface area contributed by atoms with E-state index >= 15 is 0 Å². The van der Waals surface area contributed by atoms with Crippen LogP contribution < -0.4 is 5.32 Å². The molecule has 0 saturated heterocycles. The fourth-order valence-electron chi connectivity index (χ4n) is 6.96. The fourth-order valence-corrected chi connectivity index (χ4v) is 6.96. The van der Waals surface area contributed by atoms with Gasteiger partial charge in [0.15, 0.2) is 0 Å². The van der Waals surface area contributed by atoms with Gasteiger partial charge in [0.1, 0.15) is 0 Å². The highest BCUT2D eigenvalue weighted by molar-refractivity contribution is 5.88. The number of hydrogen-bond acceptors (Lipinski definition) is 2. The molecule has 2 atom stereocenters. The van der Waals surface area contributed by atoms with Gasteiger partial charge < -0.3 is 10.2 Å². The highest BCUT2D eigenvalue weighted by Crippen LogP contribution is 2.66. The summed E-state index contributed by atoms with van der Waals surface area (Å²) in [4.78, 5) is 28.0. The molecule has 4 saturated carbocycles. The summed E-state index contributed by atoms with van der Waals surface area (Å²) in [5, 5.41) is 2.94. The first-order valence-corrected chi connectivity index (χ1v) is 11.4. The normalized spacial score (nSPS) is 32.4. The summed E-state index contributed by atoms with van der Waals surface area (Å²) in [6.45, 7) is 8.83. The number of carbonyl (C=O) groups is 2. The second-order valence-corrected chi connectivity index (χ2v) is 10.4. The summed E-state index contributed by atoms with van der Waals surface area (Å²) < 4.78 is 0. The maximum atomic E-state index is 13.8. The molecule has 2 amide bonds. The Balaban J connectivity index is 1.60. The van der Waals surface area contributed by atoms with Crippen molar-refractivity contribution in [3.8, 4) is 0 Å². The molecule has 0 aliphatic heterocycles. The van der Waals surface area contributed by atoms with Gasteiger partial charge in [-0.25, -0.2) is 0 Å². The first kappa shape index (κ1) is 20.4. The lowest BCUT2D eigenvalue weighted by molar-refractivity contribution is -0.161. The molecular weight excluding hydrogens is 360 g/mol. The van der Waals surface area contributed by atoms with Crippen LogP contribution in [0, 0.1) is 24.2 Å². The summed E-state index contributed by atoms with van der Waals surface area (Å²) in [5.41, 5.74) is 2.59. The first-order chi connectivity index (χ1) is 13.7. The van der Waals surface area contributed by atoms with Crippen LogP contribution in [0.3, 0.4) is 0 Å².